The van der Waals surface area contributed by atoms with Crippen molar-refractivity contribution < 1.29 is 4.74 Å². The fraction of sp³-hybridized carbons (Fsp3) is 0.818. The molecule has 0 aromatic carbocycles. The number of hydrogen-bond donors (Lipinski definition) is 1. The van der Waals surface area contributed by atoms with Crippen LogP contribution in [0.3, 0.4) is 0 Å². The second kappa shape index (κ2) is 4.93. The molecular weight excluding hydrogens is 204 g/mol. The summed E-state index contributed by atoms with van der Waals surface area (Å²) in [4.78, 5) is 0. The maximum absolute atomic E-state index is 5.56. The zero-order chi connectivity index (χ0) is 11.5. The highest BCUT2D eigenvalue weighted by Gasteiger charge is 2.30. The largest absolute Gasteiger partial charge is 0.378 e. The van der Waals surface area contributed by atoms with Crippen LogP contribution in [0.5, 0.6) is 0 Å². The van der Waals surface area contributed by atoms with Crippen LogP contribution in [0.2, 0.25) is 0 Å². The number of nitrogens with two attached hydrogens (primary N) is 1. The van der Waals surface area contributed by atoms with Crippen LogP contribution >= 0.6 is 0 Å². The second-order valence-corrected chi connectivity index (χ2v) is 4.41. The third-order valence-electron chi connectivity index (χ3n) is 3.30. The molecule has 1 aliphatic rings. The molecule has 0 amide bonds. The standard InChI is InChI=1S/C11H20N4O/c1-3-16-9-4-8(5-9)6-10-13-14-11(7-12)15(10)2/h8-9H,3-7,12H2,1-2H3. The number of nitrogens with zero attached hydrogens (tertiary/aromatic N) is 3. The molecule has 1 aromatic rings. The first kappa shape index (κ1) is 11.5. The molecule has 0 unspecified atom stereocenters. The van der Waals surface area contributed by atoms with E-state index in [0.29, 0.717) is 18.6 Å². The lowest BCUT2D eigenvalue weighted by Gasteiger charge is -2.34. The zero-order valence-corrected chi connectivity index (χ0v) is 10.0. The van der Waals surface area contributed by atoms with Gasteiger partial charge in [-0.15, -0.1) is 10.2 Å². The number of hydrogen-bond acceptors (Lipinski definition) is 4. The molecular formula is C11H20N4O. The summed E-state index contributed by atoms with van der Waals surface area (Å²) in [6.07, 6.45) is 3.77. The second-order valence-electron chi connectivity index (χ2n) is 4.41. The van der Waals surface area contributed by atoms with Crippen molar-refractivity contribution >= 4 is 0 Å². The average molecular weight is 224 g/mol. The van der Waals surface area contributed by atoms with E-state index in [1.807, 2.05) is 18.5 Å². The molecule has 1 aliphatic carbocycles. The van der Waals surface area contributed by atoms with E-state index in [0.717, 1.165) is 37.5 Å². The summed E-state index contributed by atoms with van der Waals surface area (Å²) in [5.74, 6) is 2.60. The zero-order valence-electron chi connectivity index (χ0n) is 10.0. The summed E-state index contributed by atoms with van der Waals surface area (Å²) in [5.41, 5.74) is 5.56. The van der Waals surface area contributed by atoms with Crippen molar-refractivity contribution in [1.29, 1.82) is 0 Å². The Labute approximate surface area is 96.0 Å². The van der Waals surface area contributed by atoms with Gasteiger partial charge in [0.2, 0.25) is 0 Å². The first-order valence-electron chi connectivity index (χ1n) is 5.93. The summed E-state index contributed by atoms with van der Waals surface area (Å²) in [6.45, 7) is 3.32. The van der Waals surface area contributed by atoms with Crippen molar-refractivity contribution in [1.82, 2.24) is 14.8 Å². The molecule has 0 saturated heterocycles. The first-order valence-corrected chi connectivity index (χ1v) is 5.93. The normalized spacial score (nSPS) is 24.4. The minimum Gasteiger partial charge on any atom is -0.378 e. The predicted octanol–water partition coefficient (Wildman–Crippen LogP) is 0.631. The maximum Gasteiger partial charge on any atom is 0.146 e. The number of aromatic nitrogens is 3. The number of ether oxygens (including phenoxy) is 1. The quantitative estimate of drug-likeness (QED) is 0.796. The third kappa shape index (κ3) is 2.25. The van der Waals surface area contributed by atoms with E-state index in [9.17, 15) is 0 Å². The van der Waals surface area contributed by atoms with Crippen LogP contribution < -0.4 is 5.73 Å². The van der Waals surface area contributed by atoms with E-state index < -0.39 is 0 Å². The molecule has 2 rings (SSSR count). The Hall–Kier alpha value is -0.940. The highest BCUT2D eigenvalue weighted by atomic mass is 16.5. The van der Waals surface area contributed by atoms with E-state index in [1.54, 1.807) is 0 Å². The monoisotopic (exact) mass is 224 g/mol. The maximum atomic E-state index is 5.56. The van der Waals surface area contributed by atoms with Crippen molar-refractivity contribution in [2.24, 2.45) is 18.7 Å². The molecule has 1 fully saturated rings. The lowest BCUT2D eigenvalue weighted by molar-refractivity contribution is -0.0247. The van der Waals surface area contributed by atoms with E-state index in [-0.39, 0.29) is 0 Å². The van der Waals surface area contributed by atoms with Crippen molar-refractivity contribution in [2.75, 3.05) is 6.61 Å². The van der Waals surface area contributed by atoms with E-state index in [2.05, 4.69) is 10.2 Å². The Morgan fingerprint density at radius 3 is 2.62 bits per heavy atom. The summed E-state index contributed by atoms with van der Waals surface area (Å²) >= 11 is 0. The molecule has 1 aromatic heterocycles. The topological polar surface area (TPSA) is 66.0 Å². The Bertz CT molecular complexity index is 344. The molecule has 0 spiro atoms. The highest BCUT2D eigenvalue weighted by Crippen LogP contribution is 2.32. The molecule has 0 atom stereocenters. The molecule has 90 valence electrons. The van der Waals surface area contributed by atoms with Gasteiger partial charge in [0.25, 0.3) is 0 Å². The van der Waals surface area contributed by atoms with Crippen LogP contribution in [0.4, 0.5) is 0 Å². The Morgan fingerprint density at radius 1 is 1.38 bits per heavy atom. The summed E-state index contributed by atoms with van der Waals surface area (Å²) in [5, 5.41) is 8.23. The van der Waals surface area contributed by atoms with Crippen molar-refractivity contribution in [2.45, 2.75) is 38.8 Å². The molecule has 0 radical (unpaired) electrons. The smallest absolute Gasteiger partial charge is 0.146 e. The van der Waals surface area contributed by atoms with Crippen LogP contribution in [0.25, 0.3) is 0 Å². The van der Waals surface area contributed by atoms with Gasteiger partial charge in [0.05, 0.1) is 12.6 Å². The van der Waals surface area contributed by atoms with Gasteiger partial charge in [-0.1, -0.05) is 0 Å². The average Bonchev–Trinajstić information content (AvgIpc) is 2.57. The molecule has 0 aliphatic heterocycles. The minimum atomic E-state index is 0.454. The lowest BCUT2D eigenvalue weighted by Crippen LogP contribution is -2.33. The van der Waals surface area contributed by atoms with Crippen molar-refractivity contribution in [3.05, 3.63) is 11.6 Å². The van der Waals surface area contributed by atoms with Gasteiger partial charge in [-0.3, -0.25) is 0 Å². The van der Waals surface area contributed by atoms with Gasteiger partial charge in [0, 0.05) is 20.1 Å². The molecule has 5 nitrogen and oxygen atoms in total. The predicted molar refractivity (Wildman–Crippen MR) is 60.7 cm³/mol. The van der Waals surface area contributed by atoms with E-state index in [1.165, 1.54) is 0 Å². The third-order valence-corrected chi connectivity index (χ3v) is 3.30. The minimum absolute atomic E-state index is 0.454. The first-order chi connectivity index (χ1) is 7.74. The van der Waals surface area contributed by atoms with Crippen LogP contribution in [0.1, 0.15) is 31.4 Å². The van der Waals surface area contributed by atoms with Gasteiger partial charge >= 0.3 is 0 Å². The molecule has 5 heteroatoms. The fourth-order valence-corrected chi connectivity index (χ4v) is 2.23. The number of rotatable bonds is 5. The van der Waals surface area contributed by atoms with Crippen LogP contribution in [-0.4, -0.2) is 27.5 Å². The van der Waals surface area contributed by atoms with Gasteiger partial charge in [0.15, 0.2) is 0 Å². The van der Waals surface area contributed by atoms with Gasteiger partial charge in [-0.05, 0) is 25.7 Å². The van der Waals surface area contributed by atoms with E-state index >= 15 is 0 Å². The van der Waals surface area contributed by atoms with E-state index in [4.69, 9.17) is 10.5 Å². The van der Waals surface area contributed by atoms with Gasteiger partial charge in [-0.25, -0.2) is 0 Å². The summed E-state index contributed by atoms with van der Waals surface area (Å²) < 4.78 is 7.55. The van der Waals surface area contributed by atoms with Gasteiger partial charge < -0.3 is 15.0 Å². The van der Waals surface area contributed by atoms with Crippen molar-refractivity contribution in [3.8, 4) is 0 Å². The molecule has 1 heterocycles. The molecule has 1 saturated carbocycles. The Balaban J connectivity index is 1.84. The molecule has 16 heavy (non-hydrogen) atoms. The van der Waals surface area contributed by atoms with Crippen LogP contribution in [0, 0.1) is 5.92 Å². The fourth-order valence-electron chi connectivity index (χ4n) is 2.23. The molecule has 2 N–H and O–H groups in total. The SMILES string of the molecule is CCOC1CC(Cc2nnc(CN)n2C)C1. The van der Waals surface area contributed by atoms with Crippen LogP contribution in [-0.2, 0) is 24.8 Å². The lowest BCUT2D eigenvalue weighted by atomic mass is 9.80. The van der Waals surface area contributed by atoms with Crippen LogP contribution in [0.15, 0.2) is 0 Å². The van der Waals surface area contributed by atoms with Gasteiger partial charge in [-0.2, -0.15) is 0 Å². The summed E-state index contributed by atoms with van der Waals surface area (Å²) in [6, 6.07) is 0. The highest BCUT2D eigenvalue weighted by molar-refractivity contribution is 4.98. The summed E-state index contributed by atoms with van der Waals surface area (Å²) in [7, 11) is 1.98. The van der Waals surface area contributed by atoms with Gasteiger partial charge in [0.1, 0.15) is 11.6 Å². The Morgan fingerprint density at radius 2 is 2.06 bits per heavy atom. The molecule has 0 bridgehead atoms. The Kier molecular flexibility index (Phi) is 3.56. The van der Waals surface area contributed by atoms with Crippen molar-refractivity contribution in [3.63, 3.8) is 0 Å².